The second-order valence-corrected chi connectivity index (χ2v) is 5.12. The first-order valence-electron chi connectivity index (χ1n) is 7.07. The molecule has 1 aromatic rings. The summed E-state index contributed by atoms with van der Waals surface area (Å²) in [5.41, 5.74) is -0.487. The highest BCUT2D eigenvalue weighted by molar-refractivity contribution is 5.20. The zero-order chi connectivity index (χ0) is 15.3. The van der Waals surface area contributed by atoms with Crippen LogP contribution < -0.4 is 5.32 Å². The van der Waals surface area contributed by atoms with Crippen molar-refractivity contribution in [3.63, 3.8) is 0 Å². The van der Waals surface area contributed by atoms with Gasteiger partial charge in [-0.25, -0.2) is 0 Å². The molecule has 21 heavy (non-hydrogen) atoms. The molecule has 1 aliphatic heterocycles. The SMILES string of the molecule is Cn1ncc(CNCCCN2CCOCC2)c1C(F)(F)F. The van der Waals surface area contributed by atoms with Crippen LogP contribution in [0.2, 0.25) is 0 Å². The minimum absolute atomic E-state index is 0.186. The second-order valence-electron chi connectivity index (χ2n) is 5.12. The largest absolute Gasteiger partial charge is 0.433 e. The van der Waals surface area contributed by atoms with E-state index in [1.165, 1.54) is 13.2 Å². The smallest absolute Gasteiger partial charge is 0.379 e. The van der Waals surface area contributed by atoms with Crippen molar-refractivity contribution in [2.75, 3.05) is 39.4 Å². The number of halogens is 3. The van der Waals surface area contributed by atoms with Gasteiger partial charge in [0.15, 0.2) is 0 Å². The maximum absolute atomic E-state index is 12.9. The fourth-order valence-electron chi connectivity index (χ4n) is 2.45. The molecule has 0 aliphatic carbocycles. The number of nitrogens with zero attached hydrogens (tertiary/aromatic N) is 3. The van der Waals surface area contributed by atoms with Gasteiger partial charge in [0.2, 0.25) is 0 Å². The van der Waals surface area contributed by atoms with Gasteiger partial charge in [-0.2, -0.15) is 18.3 Å². The number of morpholine rings is 1. The Kier molecular flexibility index (Phi) is 5.60. The van der Waals surface area contributed by atoms with Gasteiger partial charge in [0.25, 0.3) is 0 Å². The molecule has 1 N–H and O–H groups in total. The van der Waals surface area contributed by atoms with Gasteiger partial charge >= 0.3 is 6.18 Å². The first-order chi connectivity index (χ1) is 9.98. The van der Waals surface area contributed by atoms with Crippen molar-refractivity contribution >= 4 is 0 Å². The normalized spacial score (nSPS) is 17.3. The number of ether oxygens (including phenoxy) is 1. The maximum atomic E-state index is 12.9. The van der Waals surface area contributed by atoms with E-state index in [2.05, 4.69) is 15.3 Å². The number of rotatable bonds is 6. The van der Waals surface area contributed by atoms with Crippen LogP contribution in [0.3, 0.4) is 0 Å². The van der Waals surface area contributed by atoms with Gasteiger partial charge in [-0.15, -0.1) is 0 Å². The first kappa shape index (κ1) is 16.3. The molecule has 2 heterocycles. The monoisotopic (exact) mass is 306 g/mol. The zero-order valence-corrected chi connectivity index (χ0v) is 12.1. The van der Waals surface area contributed by atoms with E-state index in [0.717, 1.165) is 44.0 Å². The summed E-state index contributed by atoms with van der Waals surface area (Å²) in [5.74, 6) is 0. The van der Waals surface area contributed by atoms with Gasteiger partial charge in [0.1, 0.15) is 5.69 Å². The minimum Gasteiger partial charge on any atom is -0.379 e. The van der Waals surface area contributed by atoms with Gasteiger partial charge in [0.05, 0.1) is 19.4 Å². The van der Waals surface area contributed by atoms with Crippen molar-refractivity contribution in [3.05, 3.63) is 17.5 Å². The fraction of sp³-hybridized carbons (Fsp3) is 0.769. The fourth-order valence-corrected chi connectivity index (χ4v) is 2.45. The molecular formula is C13H21F3N4O. The van der Waals surface area contributed by atoms with Gasteiger partial charge in [-0.3, -0.25) is 9.58 Å². The molecule has 8 heteroatoms. The van der Waals surface area contributed by atoms with Gasteiger partial charge in [0, 0.05) is 32.2 Å². The van der Waals surface area contributed by atoms with Gasteiger partial charge in [-0.05, 0) is 19.5 Å². The molecule has 0 aromatic carbocycles. The first-order valence-corrected chi connectivity index (χ1v) is 7.07. The lowest BCUT2D eigenvalue weighted by Crippen LogP contribution is -2.37. The van der Waals surface area contributed by atoms with Crippen molar-refractivity contribution in [2.45, 2.75) is 19.1 Å². The molecule has 0 radical (unpaired) electrons. The van der Waals surface area contributed by atoms with E-state index in [4.69, 9.17) is 4.74 Å². The highest BCUT2D eigenvalue weighted by Crippen LogP contribution is 2.31. The van der Waals surface area contributed by atoms with E-state index in [1.54, 1.807) is 0 Å². The van der Waals surface area contributed by atoms with Crippen LogP contribution in [-0.2, 0) is 24.5 Å². The molecule has 2 rings (SSSR count). The number of aryl methyl sites for hydroxylation is 1. The average Bonchev–Trinajstić information content (AvgIpc) is 2.80. The molecule has 0 atom stereocenters. The Bertz CT molecular complexity index is 441. The summed E-state index contributed by atoms with van der Waals surface area (Å²) < 4.78 is 44.7. The number of hydrogen-bond acceptors (Lipinski definition) is 4. The summed E-state index contributed by atoms with van der Waals surface area (Å²) in [6, 6.07) is 0. The predicted molar refractivity (Wildman–Crippen MR) is 71.8 cm³/mol. The van der Waals surface area contributed by atoms with Crippen LogP contribution in [0, 0.1) is 0 Å². The summed E-state index contributed by atoms with van der Waals surface area (Å²) in [5, 5.41) is 6.75. The Morgan fingerprint density at radius 2 is 2.05 bits per heavy atom. The van der Waals surface area contributed by atoms with E-state index >= 15 is 0 Å². The van der Waals surface area contributed by atoms with Crippen LogP contribution in [0.1, 0.15) is 17.7 Å². The van der Waals surface area contributed by atoms with E-state index < -0.39 is 11.9 Å². The number of aromatic nitrogens is 2. The predicted octanol–water partition coefficient (Wildman–Crippen LogP) is 1.25. The summed E-state index contributed by atoms with van der Waals surface area (Å²) in [6.45, 7) is 5.20. The van der Waals surface area contributed by atoms with Crippen molar-refractivity contribution in [3.8, 4) is 0 Å². The van der Waals surface area contributed by atoms with E-state index in [0.29, 0.717) is 6.54 Å². The number of hydrogen-bond donors (Lipinski definition) is 1. The summed E-state index contributed by atoms with van der Waals surface area (Å²) in [7, 11) is 1.31. The molecule has 1 aliphatic rings. The van der Waals surface area contributed by atoms with Crippen LogP contribution in [-0.4, -0.2) is 54.1 Å². The van der Waals surface area contributed by atoms with E-state index in [1.807, 2.05) is 0 Å². The molecule has 1 fully saturated rings. The van der Waals surface area contributed by atoms with Crippen molar-refractivity contribution in [2.24, 2.45) is 7.05 Å². The molecule has 5 nitrogen and oxygen atoms in total. The Morgan fingerprint density at radius 1 is 1.33 bits per heavy atom. The van der Waals surface area contributed by atoms with Crippen LogP contribution in [0.15, 0.2) is 6.20 Å². The highest BCUT2D eigenvalue weighted by atomic mass is 19.4. The topological polar surface area (TPSA) is 42.3 Å². The van der Waals surface area contributed by atoms with E-state index in [9.17, 15) is 13.2 Å². The van der Waals surface area contributed by atoms with Gasteiger partial charge in [-0.1, -0.05) is 0 Å². The molecular weight excluding hydrogens is 285 g/mol. The lowest BCUT2D eigenvalue weighted by atomic mass is 10.2. The highest BCUT2D eigenvalue weighted by Gasteiger charge is 2.36. The molecule has 120 valence electrons. The summed E-state index contributed by atoms with van der Waals surface area (Å²) >= 11 is 0. The third kappa shape index (κ3) is 4.69. The molecule has 0 spiro atoms. The molecule has 1 aromatic heterocycles. The minimum atomic E-state index is -4.37. The van der Waals surface area contributed by atoms with Crippen molar-refractivity contribution < 1.29 is 17.9 Å². The summed E-state index contributed by atoms with van der Waals surface area (Å²) in [4.78, 5) is 2.30. The van der Waals surface area contributed by atoms with Crippen LogP contribution >= 0.6 is 0 Å². The van der Waals surface area contributed by atoms with Crippen LogP contribution in [0.5, 0.6) is 0 Å². The Labute approximate surface area is 122 Å². The molecule has 0 saturated carbocycles. The summed E-state index contributed by atoms with van der Waals surface area (Å²) in [6.07, 6.45) is -2.19. The van der Waals surface area contributed by atoms with E-state index in [-0.39, 0.29) is 12.1 Å². The third-order valence-corrected chi connectivity index (χ3v) is 3.53. The van der Waals surface area contributed by atoms with Gasteiger partial charge < -0.3 is 10.1 Å². The zero-order valence-electron chi connectivity index (χ0n) is 12.1. The Morgan fingerprint density at radius 3 is 2.71 bits per heavy atom. The third-order valence-electron chi connectivity index (χ3n) is 3.53. The van der Waals surface area contributed by atoms with Crippen molar-refractivity contribution in [1.82, 2.24) is 20.0 Å². The van der Waals surface area contributed by atoms with Crippen LogP contribution in [0.4, 0.5) is 13.2 Å². The Balaban J connectivity index is 1.71. The molecule has 0 unspecified atom stereocenters. The Hall–Kier alpha value is -1.12. The molecule has 0 amide bonds. The van der Waals surface area contributed by atoms with Crippen LogP contribution in [0.25, 0.3) is 0 Å². The average molecular weight is 306 g/mol. The lowest BCUT2D eigenvalue weighted by Gasteiger charge is -2.26. The standard InChI is InChI=1S/C13H21F3N4O/c1-19-12(13(14,15)16)11(10-18-19)9-17-3-2-4-20-5-7-21-8-6-20/h10,17H,2-9H2,1H3. The van der Waals surface area contributed by atoms with Crippen molar-refractivity contribution in [1.29, 1.82) is 0 Å². The quantitative estimate of drug-likeness (QED) is 0.803. The lowest BCUT2D eigenvalue weighted by molar-refractivity contribution is -0.144. The molecule has 0 bridgehead atoms. The maximum Gasteiger partial charge on any atom is 0.433 e. The molecule has 1 saturated heterocycles. The number of alkyl halides is 3. The second kappa shape index (κ2) is 7.24. The number of nitrogens with one attached hydrogen (secondary N) is 1.